The molecule has 0 bridgehead atoms. The summed E-state index contributed by atoms with van der Waals surface area (Å²) >= 11 is 2.75. The van der Waals surface area contributed by atoms with Gasteiger partial charge in [0.2, 0.25) is 10.3 Å². The van der Waals surface area contributed by atoms with E-state index in [1.54, 1.807) is 0 Å². The van der Waals surface area contributed by atoms with Crippen molar-refractivity contribution in [1.82, 2.24) is 19.7 Å². The van der Waals surface area contributed by atoms with Crippen molar-refractivity contribution in [2.75, 3.05) is 6.61 Å². The van der Waals surface area contributed by atoms with Crippen LogP contribution in [0.15, 0.2) is 81.1 Å². The van der Waals surface area contributed by atoms with Crippen LogP contribution in [0.5, 0.6) is 0 Å². The van der Waals surface area contributed by atoms with E-state index in [-0.39, 0.29) is 23.8 Å². The molecule has 10 heteroatoms. The summed E-state index contributed by atoms with van der Waals surface area (Å²) in [4.78, 5) is 23.6. The van der Waals surface area contributed by atoms with Crippen LogP contribution in [0.1, 0.15) is 23.4 Å². The van der Waals surface area contributed by atoms with Gasteiger partial charge in [-0.05, 0) is 6.92 Å². The zero-order valence-corrected chi connectivity index (χ0v) is 20.7. The van der Waals surface area contributed by atoms with E-state index in [0.717, 1.165) is 27.4 Å². The number of aliphatic hydroxyl groups excluding tert-OH is 1. The Bertz CT molecular complexity index is 1530. The maximum Gasteiger partial charge on any atom is 0.301 e. The molecule has 0 radical (unpaired) electrons. The zero-order valence-electron chi connectivity index (χ0n) is 19.0. The van der Waals surface area contributed by atoms with E-state index in [9.17, 15) is 9.90 Å². The predicted molar refractivity (Wildman–Crippen MR) is 139 cm³/mol. The number of rotatable bonds is 7. The van der Waals surface area contributed by atoms with Crippen LogP contribution in [0, 0.1) is 6.92 Å². The van der Waals surface area contributed by atoms with Crippen molar-refractivity contribution in [2.45, 2.75) is 19.8 Å². The molecule has 176 valence electrons. The maximum absolute atomic E-state index is 13.5. The van der Waals surface area contributed by atoms with Gasteiger partial charge in [-0.1, -0.05) is 78.9 Å². The van der Waals surface area contributed by atoms with Crippen molar-refractivity contribution in [3.05, 3.63) is 87.0 Å². The lowest BCUT2D eigenvalue weighted by Gasteiger charge is -2.03. The van der Waals surface area contributed by atoms with E-state index in [0.29, 0.717) is 16.0 Å². The van der Waals surface area contributed by atoms with Gasteiger partial charge in [-0.15, -0.1) is 21.6 Å². The number of nitrogens with one attached hydrogen (secondary N) is 1. The number of nitrogens with zero attached hydrogens (tertiary/aromatic N) is 5. The van der Waals surface area contributed by atoms with Crippen LogP contribution in [0.3, 0.4) is 0 Å². The number of benzene rings is 2. The van der Waals surface area contributed by atoms with Crippen molar-refractivity contribution in [1.29, 1.82) is 0 Å². The van der Waals surface area contributed by atoms with Crippen molar-refractivity contribution < 1.29 is 5.11 Å². The molecule has 0 saturated heterocycles. The first-order valence-electron chi connectivity index (χ1n) is 11.0. The van der Waals surface area contributed by atoms with Crippen LogP contribution >= 0.6 is 22.7 Å². The van der Waals surface area contributed by atoms with E-state index < -0.39 is 0 Å². The Labute approximate surface area is 209 Å². The Hall–Kier alpha value is -3.73. The molecule has 0 fully saturated rings. The van der Waals surface area contributed by atoms with Gasteiger partial charge in [0, 0.05) is 27.3 Å². The first-order chi connectivity index (χ1) is 17.0. The maximum atomic E-state index is 13.5. The molecule has 5 rings (SSSR count). The van der Waals surface area contributed by atoms with Crippen molar-refractivity contribution in [3.8, 4) is 27.6 Å². The van der Waals surface area contributed by atoms with Gasteiger partial charge in [-0.2, -0.15) is 4.68 Å². The number of aryl methyl sites for hydroxylation is 1. The molecule has 0 spiro atoms. The number of hydrogen-bond donors (Lipinski definition) is 2. The summed E-state index contributed by atoms with van der Waals surface area (Å²) in [5.41, 5.74) is 3.74. The lowest BCUT2D eigenvalue weighted by Crippen LogP contribution is -2.13. The van der Waals surface area contributed by atoms with Crippen LogP contribution < -0.4 is 5.56 Å². The summed E-state index contributed by atoms with van der Waals surface area (Å²) in [5.74, 6) is -0.0942. The predicted octanol–water partition coefficient (Wildman–Crippen LogP) is 6.23. The molecule has 0 saturated carbocycles. The molecule has 1 unspecified atom stereocenters. The number of azo groups is 1. The fourth-order valence-corrected chi connectivity index (χ4v) is 5.29. The average Bonchev–Trinajstić information content (AvgIpc) is 3.60. The Morgan fingerprint density at radius 2 is 1.71 bits per heavy atom. The van der Waals surface area contributed by atoms with Crippen molar-refractivity contribution in [3.63, 3.8) is 0 Å². The molecular weight excluding hydrogens is 480 g/mol. The van der Waals surface area contributed by atoms with Gasteiger partial charge in [0.15, 0.2) is 5.69 Å². The SMILES string of the molecule is Cc1sc(N=Nc2c(-c3ccccc3)[nH]n(-c3nc(-c4ccccc4)cs3)c2=O)nc1C(C)CO. The number of aliphatic hydroxyl groups is 1. The fourth-order valence-electron chi connectivity index (χ4n) is 3.64. The van der Waals surface area contributed by atoms with Crippen molar-refractivity contribution >= 4 is 33.5 Å². The highest BCUT2D eigenvalue weighted by atomic mass is 32.1. The van der Waals surface area contributed by atoms with Crippen molar-refractivity contribution in [2.24, 2.45) is 10.2 Å². The standard InChI is InChI=1S/C25H22N6O2S2/c1-15(13-32)20-16(2)35-24(27-20)29-28-22-21(18-11-7-4-8-12-18)30-31(23(22)33)25-26-19(14-34-25)17-9-5-3-6-10-17/h3-12,14-15,30,32H,13H2,1-2H3. The zero-order chi connectivity index (χ0) is 24.4. The van der Waals surface area contributed by atoms with Gasteiger partial charge in [-0.3, -0.25) is 9.89 Å². The second-order valence-electron chi connectivity index (χ2n) is 7.94. The molecule has 0 amide bonds. The number of aromatic nitrogens is 4. The minimum atomic E-state index is -0.348. The minimum absolute atomic E-state index is 0.000609. The van der Waals surface area contributed by atoms with Gasteiger partial charge >= 0.3 is 5.56 Å². The highest BCUT2D eigenvalue weighted by molar-refractivity contribution is 7.15. The highest BCUT2D eigenvalue weighted by Crippen LogP contribution is 2.33. The molecule has 35 heavy (non-hydrogen) atoms. The molecule has 2 aromatic carbocycles. The summed E-state index contributed by atoms with van der Waals surface area (Å²) in [6.45, 7) is 3.84. The molecule has 3 heterocycles. The summed E-state index contributed by atoms with van der Waals surface area (Å²) < 4.78 is 1.40. The third-order valence-electron chi connectivity index (χ3n) is 5.48. The topological polar surface area (TPSA) is 109 Å². The molecular formula is C25H22N6O2S2. The second kappa shape index (κ2) is 9.87. The third kappa shape index (κ3) is 4.63. The van der Waals surface area contributed by atoms with Crippen LogP contribution in [-0.2, 0) is 0 Å². The summed E-state index contributed by atoms with van der Waals surface area (Å²) in [5, 5.41) is 24.1. The first-order valence-corrected chi connectivity index (χ1v) is 12.7. The molecule has 5 aromatic rings. The Balaban J connectivity index is 1.57. The number of hydrogen-bond acceptors (Lipinski definition) is 8. The Kier molecular flexibility index (Phi) is 6.49. The van der Waals surface area contributed by atoms with Gasteiger partial charge in [0.05, 0.1) is 23.7 Å². The van der Waals surface area contributed by atoms with E-state index >= 15 is 0 Å². The molecule has 2 N–H and O–H groups in total. The van der Waals surface area contributed by atoms with E-state index in [1.807, 2.05) is 79.9 Å². The normalized spacial score (nSPS) is 12.4. The van der Waals surface area contributed by atoms with E-state index in [1.165, 1.54) is 27.4 Å². The van der Waals surface area contributed by atoms with Crippen LogP contribution in [-0.4, -0.2) is 31.5 Å². The molecule has 0 aliphatic carbocycles. The fraction of sp³-hybridized carbons (Fsp3) is 0.160. The average molecular weight is 503 g/mol. The van der Waals surface area contributed by atoms with Gasteiger partial charge in [0.25, 0.3) is 0 Å². The van der Waals surface area contributed by atoms with Crippen LogP contribution in [0.25, 0.3) is 27.6 Å². The minimum Gasteiger partial charge on any atom is -0.396 e. The molecule has 1 atom stereocenters. The van der Waals surface area contributed by atoms with Gasteiger partial charge in [0.1, 0.15) is 0 Å². The second-order valence-corrected chi connectivity index (χ2v) is 9.96. The molecule has 3 aromatic heterocycles. The quantitative estimate of drug-likeness (QED) is 0.257. The van der Waals surface area contributed by atoms with E-state index in [4.69, 9.17) is 0 Å². The van der Waals surface area contributed by atoms with Crippen LogP contribution in [0.4, 0.5) is 10.8 Å². The van der Waals surface area contributed by atoms with E-state index in [2.05, 4.69) is 25.3 Å². The monoisotopic (exact) mass is 502 g/mol. The smallest absolute Gasteiger partial charge is 0.301 e. The molecule has 8 nitrogen and oxygen atoms in total. The number of thiazole rings is 2. The first kappa shape index (κ1) is 23.0. The number of aromatic amines is 1. The number of H-pyrrole nitrogens is 1. The highest BCUT2D eigenvalue weighted by Gasteiger charge is 2.20. The van der Waals surface area contributed by atoms with Gasteiger partial charge in [-0.25, -0.2) is 9.97 Å². The summed E-state index contributed by atoms with van der Waals surface area (Å²) in [7, 11) is 0. The molecule has 0 aliphatic heterocycles. The largest absolute Gasteiger partial charge is 0.396 e. The Morgan fingerprint density at radius 3 is 2.40 bits per heavy atom. The Morgan fingerprint density at radius 1 is 1.03 bits per heavy atom. The molecule has 0 aliphatic rings. The lowest BCUT2D eigenvalue weighted by molar-refractivity contribution is 0.271. The summed E-state index contributed by atoms with van der Waals surface area (Å²) in [6.07, 6.45) is 0. The van der Waals surface area contributed by atoms with Gasteiger partial charge < -0.3 is 5.11 Å². The summed E-state index contributed by atoms with van der Waals surface area (Å²) in [6, 6.07) is 19.3. The lowest BCUT2D eigenvalue weighted by atomic mass is 10.1. The third-order valence-corrected chi connectivity index (χ3v) is 7.18. The van der Waals surface area contributed by atoms with Crippen LogP contribution in [0.2, 0.25) is 0 Å².